The van der Waals surface area contributed by atoms with Gasteiger partial charge in [-0.05, 0) is 125 Å². The minimum absolute atomic E-state index is 0.0345. The highest BCUT2D eigenvalue weighted by atomic mass is 16.5. The highest BCUT2D eigenvalue weighted by Gasteiger charge is 2.53. The van der Waals surface area contributed by atoms with E-state index in [0.29, 0.717) is 51.6 Å². The fraction of sp³-hybridized carbons (Fsp3) is 0.351. The molecule has 4 aliphatic carbocycles. The standard InChI is InChI=1S/C37H41N3O3/c1-21-28(38)7-4-10-31(21)41-34-14-13-27(37-18-24-15-25(19-37)17-26(16-24)20-37)35(42-32-11-5-8-29(39)22(32)2)36(34)43-33-12-6-9-30(40)23(33)3/h4-14,24-26H,15-20,38-40H2,1-3H3. The van der Waals surface area contributed by atoms with E-state index in [0.717, 1.165) is 34.4 Å². The SMILES string of the molecule is Cc1c(N)cccc1Oc1ccc(C23CC4CC(CC(C4)C2)C3)c(Oc2cccc(N)c2C)c1Oc1cccc(N)c1C. The van der Waals surface area contributed by atoms with Gasteiger partial charge in [0.2, 0.25) is 5.75 Å². The molecule has 0 radical (unpaired) electrons. The molecule has 222 valence electrons. The zero-order chi connectivity index (χ0) is 29.9. The summed E-state index contributed by atoms with van der Waals surface area (Å²) >= 11 is 0. The lowest BCUT2D eigenvalue weighted by Gasteiger charge is -2.57. The monoisotopic (exact) mass is 575 g/mol. The van der Waals surface area contributed by atoms with Crippen molar-refractivity contribution in [3.05, 3.63) is 89.0 Å². The van der Waals surface area contributed by atoms with Crippen LogP contribution in [0.15, 0.2) is 66.7 Å². The van der Waals surface area contributed by atoms with Crippen molar-refractivity contribution in [2.75, 3.05) is 17.2 Å². The quantitative estimate of drug-likeness (QED) is 0.190. The number of nitrogens with two attached hydrogens (primary N) is 3. The number of ether oxygens (including phenoxy) is 3. The molecule has 4 aromatic carbocycles. The summed E-state index contributed by atoms with van der Waals surface area (Å²) in [6, 6.07) is 21.5. The van der Waals surface area contributed by atoms with Crippen molar-refractivity contribution in [3.8, 4) is 34.5 Å². The van der Waals surface area contributed by atoms with Crippen LogP contribution in [0.2, 0.25) is 0 Å². The zero-order valence-corrected chi connectivity index (χ0v) is 25.3. The molecule has 6 N–H and O–H groups in total. The fourth-order valence-electron chi connectivity index (χ4n) is 8.25. The Bertz CT molecular complexity index is 1680. The van der Waals surface area contributed by atoms with Gasteiger partial charge in [-0.15, -0.1) is 0 Å². The minimum Gasteiger partial charge on any atom is -0.453 e. The van der Waals surface area contributed by atoms with Gasteiger partial charge in [0, 0.05) is 39.3 Å². The van der Waals surface area contributed by atoms with Crippen LogP contribution >= 0.6 is 0 Å². The molecule has 4 bridgehead atoms. The van der Waals surface area contributed by atoms with Gasteiger partial charge < -0.3 is 31.4 Å². The maximum atomic E-state index is 6.98. The van der Waals surface area contributed by atoms with Crippen LogP contribution < -0.4 is 31.4 Å². The Kier molecular flexibility index (Phi) is 6.68. The molecular weight excluding hydrogens is 534 g/mol. The van der Waals surface area contributed by atoms with Crippen molar-refractivity contribution in [1.29, 1.82) is 0 Å². The topological polar surface area (TPSA) is 106 Å². The van der Waals surface area contributed by atoms with Crippen molar-refractivity contribution in [1.82, 2.24) is 0 Å². The predicted octanol–water partition coefficient (Wildman–Crippen LogP) is 9.20. The van der Waals surface area contributed by atoms with Crippen molar-refractivity contribution >= 4 is 17.1 Å². The van der Waals surface area contributed by atoms with E-state index in [1.54, 1.807) is 0 Å². The highest BCUT2D eigenvalue weighted by Crippen LogP contribution is 2.64. The van der Waals surface area contributed by atoms with Crippen LogP contribution in [0.5, 0.6) is 34.5 Å². The van der Waals surface area contributed by atoms with Crippen LogP contribution in [0.3, 0.4) is 0 Å². The van der Waals surface area contributed by atoms with E-state index in [4.69, 9.17) is 31.4 Å². The first kappa shape index (κ1) is 27.5. The third kappa shape index (κ3) is 4.83. The molecule has 8 rings (SSSR count). The molecule has 6 nitrogen and oxygen atoms in total. The van der Waals surface area contributed by atoms with Crippen LogP contribution in [0.1, 0.15) is 60.8 Å². The van der Waals surface area contributed by atoms with E-state index in [9.17, 15) is 0 Å². The summed E-state index contributed by atoms with van der Waals surface area (Å²) in [4.78, 5) is 0. The molecule has 6 heteroatoms. The van der Waals surface area contributed by atoms with E-state index in [1.807, 2.05) is 81.4 Å². The predicted molar refractivity (Wildman–Crippen MR) is 173 cm³/mol. The first-order chi connectivity index (χ1) is 20.7. The highest BCUT2D eigenvalue weighted by molar-refractivity contribution is 5.65. The number of rotatable bonds is 7. The summed E-state index contributed by atoms with van der Waals surface area (Å²) in [5.41, 5.74) is 24.8. The Hall–Kier alpha value is -4.32. The summed E-state index contributed by atoms with van der Waals surface area (Å²) < 4.78 is 20.5. The third-order valence-electron chi connectivity index (χ3n) is 10.3. The van der Waals surface area contributed by atoms with Gasteiger partial charge in [-0.1, -0.05) is 24.3 Å². The molecule has 4 aliphatic rings. The second-order valence-electron chi connectivity index (χ2n) is 13.2. The minimum atomic E-state index is 0.0345. The van der Waals surface area contributed by atoms with Gasteiger partial charge in [0.25, 0.3) is 0 Å². The molecule has 0 aromatic heterocycles. The molecule has 4 aromatic rings. The Balaban J connectivity index is 1.45. The summed E-state index contributed by atoms with van der Waals surface area (Å²) in [6.45, 7) is 5.93. The summed E-state index contributed by atoms with van der Waals surface area (Å²) in [5.74, 6) is 6.10. The van der Waals surface area contributed by atoms with E-state index in [2.05, 4.69) is 6.07 Å². The van der Waals surface area contributed by atoms with E-state index >= 15 is 0 Å². The Morgan fingerprint density at radius 1 is 0.512 bits per heavy atom. The summed E-state index contributed by atoms with van der Waals surface area (Å²) in [7, 11) is 0. The lowest BCUT2D eigenvalue weighted by atomic mass is 9.48. The van der Waals surface area contributed by atoms with E-state index < -0.39 is 0 Å². The number of hydrogen-bond acceptors (Lipinski definition) is 6. The van der Waals surface area contributed by atoms with Crippen LogP contribution in [0.4, 0.5) is 17.1 Å². The lowest BCUT2D eigenvalue weighted by Crippen LogP contribution is -2.48. The Labute approximate surface area is 254 Å². The van der Waals surface area contributed by atoms with Gasteiger partial charge >= 0.3 is 0 Å². The van der Waals surface area contributed by atoms with Gasteiger partial charge in [0.15, 0.2) is 11.5 Å². The van der Waals surface area contributed by atoms with Crippen molar-refractivity contribution in [2.24, 2.45) is 17.8 Å². The third-order valence-corrected chi connectivity index (χ3v) is 10.3. The molecule has 0 heterocycles. The molecule has 43 heavy (non-hydrogen) atoms. The lowest BCUT2D eigenvalue weighted by molar-refractivity contribution is -0.00611. The van der Waals surface area contributed by atoms with Gasteiger partial charge in [0.05, 0.1) is 0 Å². The maximum Gasteiger partial charge on any atom is 0.212 e. The summed E-state index contributed by atoms with van der Waals surface area (Å²) in [5, 5.41) is 0. The van der Waals surface area contributed by atoms with Crippen LogP contribution in [0, 0.1) is 38.5 Å². The fourth-order valence-corrected chi connectivity index (χ4v) is 8.25. The van der Waals surface area contributed by atoms with Crippen molar-refractivity contribution in [2.45, 2.75) is 64.7 Å². The van der Waals surface area contributed by atoms with Gasteiger partial charge in [-0.2, -0.15) is 0 Å². The average Bonchev–Trinajstić information content (AvgIpc) is 2.96. The number of benzene rings is 4. The zero-order valence-electron chi connectivity index (χ0n) is 25.3. The summed E-state index contributed by atoms with van der Waals surface area (Å²) in [6.07, 6.45) is 7.59. The molecule has 4 fully saturated rings. The molecule has 0 unspecified atom stereocenters. The van der Waals surface area contributed by atoms with Gasteiger partial charge in [-0.3, -0.25) is 0 Å². The largest absolute Gasteiger partial charge is 0.453 e. The maximum absolute atomic E-state index is 6.98. The van der Waals surface area contributed by atoms with Crippen LogP contribution in [-0.2, 0) is 5.41 Å². The Morgan fingerprint density at radius 2 is 0.930 bits per heavy atom. The molecular formula is C37H41N3O3. The number of anilines is 3. The first-order valence-corrected chi connectivity index (χ1v) is 15.5. The van der Waals surface area contributed by atoms with E-state index in [-0.39, 0.29) is 5.41 Å². The second kappa shape index (κ2) is 10.4. The van der Waals surface area contributed by atoms with Crippen molar-refractivity contribution in [3.63, 3.8) is 0 Å². The average molecular weight is 576 g/mol. The first-order valence-electron chi connectivity index (χ1n) is 15.5. The number of hydrogen-bond donors (Lipinski definition) is 3. The van der Waals surface area contributed by atoms with Gasteiger partial charge in [-0.25, -0.2) is 0 Å². The normalized spacial score (nSPS) is 23.7. The molecule has 0 spiro atoms. The molecule has 0 saturated heterocycles. The molecule has 0 aliphatic heterocycles. The molecule has 0 atom stereocenters. The van der Waals surface area contributed by atoms with Gasteiger partial charge in [0.1, 0.15) is 17.2 Å². The van der Waals surface area contributed by atoms with Crippen molar-refractivity contribution < 1.29 is 14.2 Å². The molecule has 0 amide bonds. The van der Waals surface area contributed by atoms with Crippen LogP contribution in [-0.4, -0.2) is 0 Å². The van der Waals surface area contributed by atoms with E-state index in [1.165, 1.54) is 44.1 Å². The van der Waals surface area contributed by atoms with Crippen LogP contribution in [0.25, 0.3) is 0 Å². The Morgan fingerprint density at radius 3 is 1.40 bits per heavy atom. The molecule has 4 saturated carbocycles. The smallest absolute Gasteiger partial charge is 0.212 e. The number of nitrogen functional groups attached to an aromatic ring is 3. The second-order valence-corrected chi connectivity index (χ2v) is 13.2.